The molecule has 1 aromatic carbocycles. The highest BCUT2D eigenvalue weighted by atomic mass is 35.5. The van der Waals surface area contributed by atoms with Crippen LogP contribution in [0.1, 0.15) is 32.8 Å². The Morgan fingerprint density at radius 3 is 2.55 bits per heavy atom. The number of aryl methyl sites for hydroxylation is 1. The van der Waals surface area contributed by atoms with Gasteiger partial charge in [0.15, 0.2) is 0 Å². The van der Waals surface area contributed by atoms with Gasteiger partial charge in [-0.15, -0.1) is 0 Å². The van der Waals surface area contributed by atoms with Crippen LogP contribution in [0.2, 0.25) is 5.02 Å². The molecule has 20 heavy (non-hydrogen) atoms. The van der Waals surface area contributed by atoms with Crippen LogP contribution in [0.15, 0.2) is 23.1 Å². The van der Waals surface area contributed by atoms with E-state index in [1.54, 1.807) is 25.1 Å². The molecule has 0 saturated carbocycles. The fourth-order valence-electron chi connectivity index (χ4n) is 2.06. The molecule has 0 spiro atoms. The summed E-state index contributed by atoms with van der Waals surface area (Å²) in [6, 6.07) is 4.89. The minimum Gasteiger partial charge on any atom is -0.393 e. The van der Waals surface area contributed by atoms with Crippen molar-refractivity contribution in [3.05, 3.63) is 28.8 Å². The number of aliphatic hydroxyl groups is 1. The lowest BCUT2D eigenvalue weighted by Gasteiger charge is -2.26. The molecule has 0 radical (unpaired) electrons. The molecule has 0 aliphatic heterocycles. The maximum Gasteiger partial charge on any atom is 0.242 e. The molecule has 1 rings (SSSR count). The van der Waals surface area contributed by atoms with Crippen molar-refractivity contribution in [2.75, 3.05) is 6.54 Å². The zero-order valence-corrected chi connectivity index (χ0v) is 13.8. The summed E-state index contributed by atoms with van der Waals surface area (Å²) in [7, 11) is -3.65. The molecule has 1 aromatic rings. The van der Waals surface area contributed by atoms with E-state index < -0.39 is 16.1 Å². The number of nitrogens with one attached hydrogen (secondary N) is 1. The van der Waals surface area contributed by atoms with E-state index in [9.17, 15) is 13.5 Å². The van der Waals surface area contributed by atoms with Crippen molar-refractivity contribution in [3.63, 3.8) is 0 Å². The Bertz CT molecular complexity index is 568. The second-order valence-electron chi connectivity index (χ2n) is 5.98. The van der Waals surface area contributed by atoms with E-state index in [2.05, 4.69) is 4.72 Å². The highest BCUT2D eigenvalue weighted by Crippen LogP contribution is 2.25. The normalized spacial score (nSPS) is 14.3. The maximum atomic E-state index is 12.3. The maximum absolute atomic E-state index is 12.3. The monoisotopic (exact) mass is 319 g/mol. The molecule has 0 aromatic heterocycles. The molecule has 0 heterocycles. The summed E-state index contributed by atoms with van der Waals surface area (Å²) < 4.78 is 27.1. The first-order valence-electron chi connectivity index (χ1n) is 6.47. The van der Waals surface area contributed by atoms with Gasteiger partial charge < -0.3 is 5.11 Å². The van der Waals surface area contributed by atoms with Gasteiger partial charge in [0.1, 0.15) is 4.90 Å². The molecule has 0 aliphatic rings. The number of benzene rings is 1. The lowest BCUT2D eigenvalue weighted by molar-refractivity contribution is 0.131. The topological polar surface area (TPSA) is 66.4 Å². The van der Waals surface area contributed by atoms with Crippen molar-refractivity contribution in [2.45, 2.75) is 45.1 Å². The molecule has 0 unspecified atom stereocenters. The molecule has 0 aliphatic carbocycles. The van der Waals surface area contributed by atoms with Crippen LogP contribution in [0.5, 0.6) is 0 Å². The standard InChI is InChI=1S/C14H22ClNO3S/c1-10-5-6-12(15)13(7-10)20(18,19)16-9-14(3,4)8-11(2)17/h5-7,11,16-17H,8-9H2,1-4H3/t11-/m0/s1. The molecule has 1 atom stereocenters. The Hall–Kier alpha value is -0.620. The second kappa shape index (κ2) is 6.43. The Morgan fingerprint density at radius 2 is 2.00 bits per heavy atom. The third kappa shape index (κ3) is 5.05. The van der Waals surface area contributed by atoms with Gasteiger partial charge in [-0.3, -0.25) is 0 Å². The van der Waals surface area contributed by atoms with E-state index in [1.165, 1.54) is 0 Å². The number of rotatable bonds is 6. The predicted octanol–water partition coefficient (Wildman–Crippen LogP) is 2.72. The quantitative estimate of drug-likeness (QED) is 0.847. The summed E-state index contributed by atoms with van der Waals surface area (Å²) in [5.41, 5.74) is 0.496. The third-order valence-corrected chi connectivity index (χ3v) is 4.85. The Morgan fingerprint density at radius 1 is 1.40 bits per heavy atom. The van der Waals surface area contributed by atoms with Gasteiger partial charge in [-0.1, -0.05) is 31.5 Å². The average molecular weight is 320 g/mol. The smallest absolute Gasteiger partial charge is 0.242 e. The van der Waals surface area contributed by atoms with Crippen LogP contribution in [0.25, 0.3) is 0 Å². The first kappa shape index (κ1) is 17.4. The zero-order chi connectivity index (χ0) is 15.6. The van der Waals surface area contributed by atoms with Crippen LogP contribution in [0.3, 0.4) is 0 Å². The van der Waals surface area contributed by atoms with E-state index in [-0.39, 0.29) is 21.9 Å². The van der Waals surface area contributed by atoms with Gasteiger partial charge in [0.05, 0.1) is 11.1 Å². The third-order valence-electron chi connectivity index (χ3n) is 2.96. The Labute approximate surface area is 126 Å². The van der Waals surface area contributed by atoms with Crippen molar-refractivity contribution in [1.29, 1.82) is 0 Å². The number of hydrogen-bond acceptors (Lipinski definition) is 3. The molecule has 0 bridgehead atoms. The van der Waals surface area contributed by atoms with Crippen LogP contribution < -0.4 is 4.72 Å². The van der Waals surface area contributed by atoms with Crippen molar-refractivity contribution in [3.8, 4) is 0 Å². The van der Waals surface area contributed by atoms with Gasteiger partial charge in [0.25, 0.3) is 0 Å². The van der Waals surface area contributed by atoms with Crippen LogP contribution in [0.4, 0.5) is 0 Å². The van der Waals surface area contributed by atoms with E-state index in [1.807, 2.05) is 20.8 Å². The lowest BCUT2D eigenvalue weighted by atomic mass is 9.87. The molecule has 6 heteroatoms. The van der Waals surface area contributed by atoms with Crippen molar-refractivity contribution in [1.82, 2.24) is 4.72 Å². The first-order chi connectivity index (χ1) is 9.03. The van der Waals surface area contributed by atoms with E-state index in [0.29, 0.717) is 6.42 Å². The number of halogens is 1. The summed E-state index contributed by atoms with van der Waals surface area (Å²) in [5, 5.41) is 9.62. The fourth-order valence-corrected chi connectivity index (χ4v) is 3.88. The highest BCUT2D eigenvalue weighted by molar-refractivity contribution is 7.89. The average Bonchev–Trinajstić information content (AvgIpc) is 2.28. The first-order valence-corrected chi connectivity index (χ1v) is 8.33. The highest BCUT2D eigenvalue weighted by Gasteiger charge is 2.25. The largest absolute Gasteiger partial charge is 0.393 e. The molecular weight excluding hydrogens is 298 g/mol. The molecule has 0 saturated heterocycles. The van der Waals surface area contributed by atoms with E-state index in [0.717, 1.165) is 5.56 Å². The number of sulfonamides is 1. The number of aliphatic hydroxyl groups excluding tert-OH is 1. The molecule has 0 amide bonds. The zero-order valence-electron chi connectivity index (χ0n) is 12.3. The summed E-state index contributed by atoms with van der Waals surface area (Å²) in [6.45, 7) is 7.55. The van der Waals surface area contributed by atoms with Crippen LogP contribution >= 0.6 is 11.6 Å². The minimum absolute atomic E-state index is 0.0898. The van der Waals surface area contributed by atoms with Gasteiger partial charge in [0.2, 0.25) is 10.0 Å². The van der Waals surface area contributed by atoms with E-state index in [4.69, 9.17) is 11.6 Å². The molecule has 114 valence electrons. The van der Waals surface area contributed by atoms with Crippen molar-refractivity contribution < 1.29 is 13.5 Å². The van der Waals surface area contributed by atoms with Gasteiger partial charge >= 0.3 is 0 Å². The van der Waals surface area contributed by atoms with Crippen LogP contribution in [-0.2, 0) is 10.0 Å². The molecule has 0 fully saturated rings. The Kier molecular flexibility index (Phi) is 5.61. The SMILES string of the molecule is Cc1ccc(Cl)c(S(=O)(=O)NCC(C)(C)C[C@H](C)O)c1. The van der Waals surface area contributed by atoms with Gasteiger partial charge in [-0.05, 0) is 43.4 Å². The summed E-state index contributed by atoms with van der Waals surface area (Å²) in [5.74, 6) is 0. The molecule has 4 nitrogen and oxygen atoms in total. The summed E-state index contributed by atoms with van der Waals surface area (Å²) in [6.07, 6.45) is 0.0360. The van der Waals surface area contributed by atoms with Crippen molar-refractivity contribution >= 4 is 21.6 Å². The van der Waals surface area contributed by atoms with Crippen LogP contribution in [-0.4, -0.2) is 26.2 Å². The lowest BCUT2D eigenvalue weighted by Crippen LogP contribution is -2.35. The molecule has 2 N–H and O–H groups in total. The fraction of sp³-hybridized carbons (Fsp3) is 0.571. The Balaban J connectivity index is 2.88. The predicted molar refractivity (Wildman–Crippen MR) is 81.5 cm³/mol. The van der Waals surface area contributed by atoms with Crippen molar-refractivity contribution in [2.24, 2.45) is 5.41 Å². The van der Waals surface area contributed by atoms with Gasteiger partial charge in [-0.2, -0.15) is 0 Å². The number of hydrogen-bond donors (Lipinski definition) is 2. The summed E-state index contributed by atoms with van der Waals surface area (Å²) >= 11 is 5.96. The van der Waals surface area contributed by atoms with E-state index >= 15 is 0 Å². The van der Waals surface area contributed by atoms with Crippen LogP contribution in [0, 0.1) is 12.3 Å². The van der Waals surface area contributed by atoms with Gasteiger partial charge in [0, 0.05) is 6.54 Å². The molecular formula is C14H22ClNO3S. The second-order valence-corrected chi connectivity index (χ2v) is 8.12. The van der Waals surface area contributed by atoms with Gasteiger partial charge in [-0.25, -0.2) is 13.1 Å². The minimum atomic E-state index is -3.65. The summed E-state index contributed by atoms with van der Waals surface area (Å²) in [4.78, 5) is 0.0898.